The Labute approximate surface area is 87.2 Å². The third-order valence-corrected chi connectivity index (χ3v) is 1.91. The molecule has 0 radical (unpaired) electrons. The van der Waals surface area contributed by atoms with Crippen LogP contribution in [0.2, 0.25) is 0 Å². The zero-order valence-electron chi connectivity index (χ0n) is 8.44. The van der Waals surface area contributed by atoms with Crippen LogP contribution in [0.25, 0.3) is 0 Å². The van der Waals surface area contributed by atoms with Gasteiger partial charge in [0.25, 0.3) is 0 Å². The number of hydrogen-bond acceptors (Lipinski definition) is 5. The molecule has 0 bridgehead atoms. The maximum Gasteiger partial charge on any atom is 0.137 e. The number of aromatic amines is 1. The molecule has 0 aliphatic rings. The van der Waals surface area contributed by atoms with Crippen molar-refractivity contribution >= 4 is 5.82 Å². The van der Waals surface area contributed by atoms with Gasteiger partial charge in [0.05, 0.1) is 0 Å². The molecule has 15 heavy (non-hydrogen) atoms. The maximum absolute atomic E-state index is 4.22. The summed E-state index contributed by atoms with van der Waals surface area (Å²) in [4.78, 5) is 12.3. The van der Waals surface area contributed by atoms with Gasteiger partial charge in [-0.3, -0.25) is 5.10 Å². The molecule has 0 fully saturated rings. The van der Waals surface area contributed by atoms with Gasteiger partial charge < -0.3 is 5.32 Å². The fraction of sp³-hybridized carbons (Fsp3) is 0.333. The second kappa shape index (κ2) is 4.50. The summed E-state index contributed by atoms with van der Waals surface area (Å²) in [5, 5.41) is 9.76. The summed E-state index contributed by atoms with van der Waals surface area (Å²) in [5.41, 5.74) is 0. The molecule has 0 unspecified atom stereocenters. The molecule has 0 aromatic carbocycles. The monoisotopic (exact) mass is 204 g/mol. The van der Waals surface area contributed by atoms with Crippen LogP contribution in [-0.4, -0.2) is 31.7 Å². The molecule has 0 amide bonds. The van der Waals surface area contributed by atoms with Crippen molar-refractivity contribution in [1.29, 1.82) is 0 Å². The van der Waals surface area contributed by atoms with E-state index >= 15 is 0 Å². The van der Waals surface area contributed by atoms with Crippen LogP contribution in [-0.2, 0) is 6.42 Å². The van der Waals surface area contributed by atoms with Gasteiger partial charge in [0, 0.05) is 19.2 Å². The van der Waals surface area contributed by atoms with Crippen LogP contribution < -0.4 is 5.32 Å². The minimum absolute atomic E-state index is 0.764. The van der Waals surface area contributed by atoms with E-state index < -0.39 is 0 Å². The summed E-state index contributed by atoms with van der Waals surface area (Å²) in [5.74, 6) is 2.47. The Bertz CT molecular complexity index is 410. The summed E-state index contributed by atoms with van der Waals surface area (Å²) in [6, 6.07) is 1.84. The zero-order chi connectivity index (χ0) is 10.5. The average Bonchev–Trinajstić information content (AvgIpc) is 2.71. The van der Waals surface area contributed by atoms with Gasteiger partial charge in [0.15, 0.2) is 0 Å². The van der Waals surface area contributed by atoms with E-state index in [-0.39, 0.29) is 0 Å². The van der Waals surface area contributed by atoms with Crippen molar-refractivity contribution in [3.63, 3.8) is 0 Å². The van der Waals surface area contributed by atoms with Gasteiger partial charge in [-0.1, -0.05) is 0 Å². The van der Waals surface area contributed by atoms with Crippen LogP contribution in [0, 0.1) is 6.92 Å². The van der Waals surface area contributed by atoms with Gasteiger partial charge in [-0.2, -0.15) is 5.10 Å². The third-order valence-electron chi connectivity index (χ3n) is 1.91. The minimum atomic E-state index is 0.764. The molecular formula is C9H12N6. The van der Waals surface area contributed by atoms with Gasteiger partial charge in [0.1, 0.15) is 23.8 Å². The van der Waals surface area contributed by atoms with Gasteiger partial charge in [-0.15, -0.1) is 0 Å². The third kappa shape index (κ3) is 2.73. The molecule has 2 aromatic heterocycles. The highest BCUT2D eigenvalue weighted by atomic mass is 15.2. The first-order valence-corrected chi connectivity index (χ1v) is 4.72. The van der Waals surface area contributed by atoms with Crippen molar-refractivity contribution in [2.75, 3.05) is 11.9 Å². The van der Waals surface area contributed by atoms with E-state index in [1.807, 2.05) is 13.0 Å². The number of anilines is 1. The smallest absolute Gasteiger partial charge is 0.137 e. The molecule has 0 saturated carbocycles. The highest BCUT2D eigenvalue weighted by molar-refractivity contribution is 5.32. The molecule has 6 heteroatoms. The molecule has 78 valence electrons. The quantitative estimate of drug-likeness (QED) is 0.760. The van der Waals surface area contributed by atoms with E-state index in [0.717, 1.165) is 30.4 Å². The molecule has 2 aromatic rings. The Kier molecular flexibility index (Phi) is 2.87. The standard InChI is InChI=1S/C9H12N6/c1-7-10-4-2-8(14-7)11-5-3-9-12-6-13-15-9/h2,4,6H,3,5H2,1H3,(H,10,11,14)(H,12,13,15). The fourth-order valence-electron chi connectivity index (χ4n) is 1.21. The van der Waals surface area contributed by atoms with Crippen LogP contribution in [0.4, 0.5) is 5.82 Å². The van der Waals surface area contributed by atoms with Gasteiger partial charge in [0.2, 0.25) is 0 Å². The summed E-state index contributed by atoms with van der Waals surface area (Å²) in [6.07, 6.45) is 4.03. The zero-order valence-corrected chi connectivity index (χ0v) is 8.44. The number of nitrogens with one attached hydrogen (secondary N) is 2. The summed E-state index contributed by atoms with van der Waals surface area (Å²) >= 11 is 0. The number of nitrogens with zero attached hydrogens (tertiary/aromatic N) is 4. The lowest BCUT2D eigenvalue weighted by atomic mass is 10.4. The second-order valence-corrected chi connectivity index (χ2v) is 3.10. The number of rotatable bonds is 4. The molecule has 2 heterocycles. The Hall–Kier alpha value is -1.98. The Balaban J connectivity index is 1.83. The lowest BCUT2D eigenvalue weighted by molar-refractivity contribution is 0.893. The average molecular weight is 204 g/mol. The Morgan fingerprint density at radius 2 is 2.33 bits per heavy atom. The molecule has 2 rings (SSSR count). The van der Waals surface area contributed by atoms with Crippen LogP contribution in [0.3, 0.4) is 0 Å². The summed E-state index contributed by atoms with van der Waals surface area (Å²) < 4.78 is 0. The topological polar surface area (TPSA) is 79.4 Å². The molecule has 6 nitrogen and oxygen atoms in total. The van der Waals surface area contributed by atoms with Crippen molar-refractivity contribution in [1.82, 2.24) is 25.1 Å². The first-order valence-electron chi connectivity index (χ1n) is 4.72. The SMILES string of the molecule is Cc1nccc(NCCc2ncn[nH]2)n1. The van der Waals surface area contributed by atoms with Crippen LogP contribution in [0.1, 0.15) is 11.6 Å². The summed E-state index contributed by atoms with van der Waals surface area (Å²) in [6.45, 7) is 2.63. The first kappa shape index (κ1) is 9.57. The van der Waals surface area contributed by atoms with E-state index in [4.69, 9.17) is 0 Å². The van der Waals surface area contributed by atoms with E-state index in [1.54, 1.807) is 6.20 Å². The number of hydrogen-bond donors (Lipinski definition) is 2. The van der Waals surface area contributed by atoms with Gasteiger partial charge in [-0.05, 0) is 13.0 Å². The lowest BCUT2D eigenvalue weighted by Crippen LogP contribution is -2.07. The molecular weight excluding hydrogens is 192 g/mol. The van der Waals surface area contributed by atoms with E-state index in [1.165, 1.54) is 6.33 Å². The van der Waals surface area contributed by atoms with Crippen LogP contribution >= 0.6 is 0 Å². The highest BCUT2D eigenvalue weighted by Crippen LogP contribution is 2.00. The minimum Gasteiger partial charge on any atom is -0.370 e. The van der Waals surface area contributed by atoms with Crippen molar-refractivity contribution in [2.45, 2.75) is 13.3 Å². The highest BCUT2D eigenvalue weighted by Gasteiger charge is 1.97. The predicted molar refractivity (Wildman–Crippen MR) is 55.3 cm³/mol. The van der Waals surface area contributed by atoms with Crippen molar-refractivity contribution in [2.24, 2.45) is 0 Å². The number of aryl methyl sites for hydroxylation is 1. The second-order valence-electron chi connectivity index (χ2n) is 3.10. The molecule has 0 spiro atoms. The van der Waals surface area contributed by atoms with Crippen LogP contribution in [0.5, 0.6) is 0 Å². The largest absolute Gasteiger partial charge is 0.370 e. The molecule has 0 aliphatic heterocycles. The van der Waals surface area contributed by atoms with E-state index in [0.29, 0.717) is 0 Å². The normalized spacial score (nSPS) is 10.2. The molecule has 0 saturated heterocycles. The van der Waals surface area contributed by atoms with E-state index in [9.17, 15) is 0 Å². The van der Waals surface area contributed by atoms with Crippen LogP contribution in [0.15, 0.2) is 18.6 Å². The fourth-order valence-corrected chi connectivity index (χ4v) is 1.21. The predicted octanol–water partition coefficient (Wildman–Crippen LogP) is 0.558. The Morgan fingerprint density at radius 1 is 1.40 bits per heavy atom. The molecule has 2 N–H and O–H groups in total. The van der Waals surface area contributed by atoms with Gasteiger partial charge >= 0.3 is 0 Å². The van der Waals surface area contributed by atoms with Crippen molar-refractivity contribution < 1.29 is 0 Å². The van der Waals surface area contributed by atoms with Crippen molar-refractivity contribution in [3.8, 4) is 0 Å². The number of aromatic nitrogens is 5. The van der Waals surface area contributed by atoms with Gasteiger partial charge in [-0.25, -0.2) is 15.0 Å². The lowest BCUT2D eigenvalue weighted by Gasteiger charge is -2.03. The van der Waals surface area contributed by atoms with Crippen molar-refractivity contribution in [3.05, 3.63) is 30.2 Å². The molecule has 0 aliphatic carbocycles. The number of H-pyrrole nitrogens is 1. The summed E-state index contributed by atoms with van der Waals surface area (Å²) in [7, 11) is 0. The molecule has 0 atom stereocenters. The first-order chi connectivity index (χ1) is 7.34. The van der Waals surface area contributed by atoms with E-state index in [2.05, 4.69) is 30.5 Å². The maximum atomic E-state index is 4.22. The Morgan fingerprint density at radius 3 is 3.07 bits per heavy atom.